The van der Waals surface area contributed by atoms with Gasteiger partial charge < -0.3 is 19.3 Å². The molecule has 0 aromatic heterocycles. The Bertz CT molecular complexity index is 868. The number of benzene rings is 1. The number of hydrogen-bond acceptors (Lipinski definition) is 4. The number of carbonyl (C=O) groups excluding carboxylic acids is 2. The highest BCUT2D eigenvalue weighted by Gasteiger charge is 2.44. The van der Waals surface area contributed by atoms with Gasteiger partial charge in [0.2, 0.25) is 5.91 Å². The minimum absolute atomic E-state index is 0.0196. The largest absolute Gasteiger partial charge is 0.446 e. The van der Waals surface area contributed by atoms with Crippen LogP contribution in [0.2, 0.25) is 5.02 Å². The molecular weight excluding hydrogens is 473 g/mol. The lowest BCUT2D eigenvalue weighted by Gasteiger charge is -2.33. The first-order chi connectivity index (χ1) is 16.1. The van der Waals surface area contributed by atoms with E-state index in [4.69, 9.17) is 21.1 Å². The van der Waals surface area contributed by atoms with Crippen LogP contribution in [-0.2, 0) is 14.3 Å². The molecule has 6 nitrogen and oxygen atoms in total. The third-order valence-electron chi connectivity index (χ3n) is 7.37. The summed E-state index contributed by atoms with van der Waals surface area (Å²) in [5.74, 6) is -1.62. The molecule has 2 aliphatic heterocycles. The van der Waals surface area contributed by atoms with E-state index in [9.17, 15) is 22.8 Å². The van der Waals surface area contributed by atoms with Gasteiger partial charge in [-0.1, -0.05) is 23.7 Å². The quantitative estimate of drug-likeness (QED) is 0.590. The number of halogens is 4. The standard InChI is InChI=1S/C24H30ClF3N2O4/c1-29(23(32)34-19-8-4-17(5-9-19)24(26,27)28)21-13-30(22(31)16-10-11-33-14-16)12-20(21)15-2-6-18(25)7-3-15/h2-3,6-7,16-17,19-21H,4-5,8-14H2,1H3/t16?,17?,19?,20-,21+/m0/s1. The van der Waals surface area contributed by atoms with Crippen molar-refractivity contribution in [3.8, 4) is 0 Å². The SMILES string of the molecule is CN(C(=O)OC1CCC(C(F)(F)F)CC1)[C@@H]1CN(C(=O)C2CCOC2)C[C@H]1c1ccc(Cl)cc1. The van der Waals surface area contributed by atoms with E-state index in [1.807, 2.05) is 12.1 Å². The van der Waals surface area contributed by atoms with E-state index in [0.29, 0.717) is 37.7 Å². The van der Waals surface area contributed by atoms with Crippen molar-refractivity contribution in [1.29, 1.82) is 0 Å². The first-order valence-electron chi connectivity index (χ1n) is 11.8. The Kier molecular flexibility index (Phi) is 7.62. The number of likely N-dealkylation sites (N-methyl/N-ethyl adjacent to an activating group) is 1. The molecule has 3 atom stereocenters. The highest BCUT2D eigenvalue weighted by molar-refractivity contribution is 6.30. The van der Waals surface area contributed by atoms with Crippen molar-refractivity contribution in [2.24, 2.45) is 11.8 Å². The number of hydrogen-bond donors (Lipinski definition) is 0. The molecule has 34 heavy (non-hydrogen) atoms. The molecule has 10 heteroatoms. The van der Waals surface area contributed by atoms with Gasteiger partial charge in [0.05, 0.1) is 24.5 Å². The average Bonchev–Trinajstić information content (AvgIpc) is 3.49. The van der Waals surface area contributed by atoms with Crippen LogP contribution in [0.5, 0.6) is 0 Å². The Morgan fingerprint density at radius 3 is 2.35 bits per heavy atom. The Balaban J connectivity index is 1.43. The number of carbonyl (C=O) groups is 2. The minimum atomic E-state index is -4.21. The smallest absolute Gasteiger partial charge is 0.410 e. The maximum atomic E-state index is 13.0. The van der Waals surface area contributed by atoms with E-state index in [1.54, 1.807) is 24.1 Å². The van der Waals surface area contributed by atoms with Crippen LogP contribution < -0.4 is 0 Å². The predicted molar refractivity (Wildman–Crippen MR) is 120 cm³/mol. The molecule has 1 saturated carbocycles. The maximum Gasteiger partial charge on any atom is 0.410 e. The van der Waals surface area contributed by atoms with Crippen molar-refractivity contribution >= 4 is 23.6 Å². The zero-order valence-electron chi connectivity index (χ0n) is 19.1. The third-order valence-corrected chi connectivity index (χ3v) is 7.62. The fraction of sp³-hybridized carbons (Fsp3) is 0.667. The first-order valence-corrected chi connectivity index (χ1v) is 12.1. The van der Waals surface area contributed by atoms with Gasteiger partial charge in [0.25, 0.3) is 0 Å². The molecule has 1 aromatic rings. The van der Waals surface area contributed by atoms with E-state index in [1.165, 1.54) is 4.90 Å². The molecule has 3 aliphatic rings. The number of rotatable bonds is 4. The summed E-state index contributed by atoms with van der Waals surface area (Å²) in [6.07, 6.45) is -4.30. The summed E-state index contributed by atoms with van der Waals surface area (Å²) in [5.41, 5.74) is 0.956. The van der Waals surface area contributed by atoms with Gasteiger partial charge in [0, 0.05) is 37.7 Å². The Labute approximate surface area is 202 Å². The van der Waals surface area contributed by atoms with Crippen LogP contribution in [0.25, 0.3) is 0 Å². The second-order valence-electron chi connectivity index (χ2n) is 9.54. The average molecular weight is 503 g/mol. The second-order valence-corrected chi connectivity index (χ2v) is 9.98. The second kappa shape index (κ2) is 10.3. The zero-order valence-corrected chi connectivity index (χ0v) is 19.9. The van der Waals surface area contributed by atoms with E-state index >= 15 is 0 Å². The molecule has 0 bridgehead atoms. The molecule has 3 fully saturated rings. The molecule has 0 N–H and O–H groups in total. The summed E-state index contributed by atoms with van der Waals surface area (Å²) < 4.78 is 49.8. The van der Waals surface area contributed by atoms with Gasteiger partial charge in [-0.05, 0) is 49.8 Å². The molecule has 4 rings (SSSR count). The molecule has 2 amide bonds. The van der Waals surface area contributed by atoms with Gasteiger partial charge in [0.1, 0.15) is 6.10 Å². The monoisotopic (exact) mass is 502 g/mol. The van der Waals surface area contributed by atoms with Crippen molar-refractivity contribution in [2.75, 3.05) is 33.4 Å². The normalized spacial score (nSPS) is 29.8. The Hall–Kier alpha value is -2.00. The van der Waals surface area contributed by atoms with Crippen LogP contribution in [-0.4, -0.2) is 73.5 Å². The van der Waals surface area contributed by atoms with Crippen molar-refractivity contribution < 1.29 is 32.2 Å². The molecule has 0 spiro atoms. The van der Waals surface area contributed by atoms with Crippen molar-refractivity contribution in [3.05, 3.63) is 34.9 Å². The fourth-order valence-corrected chi connectivity index (χ4v) is 5.38. The van der Waals surface area contributed by atoms with E-state index in [0.717, 1.165) is 5.56 Å². The summed E-state index contributed by atoms with van der Waals surface area (Å²) >= 11 is 6.05. The van der Waals surface area contributed by atoms with Crippen molar-refractivity contribution in [3.63, 3.8) is 0 Å². The highest BCUT2D eigenvalue weighted by atomic mass is 35.5. The molecule has 1 unspecified atom stereocenters. The third kappa shape index (κ3) is 5.62. The molecule has 1 aliphatic carbocycles. The van der Waals surface area contributed by atoms with Gasteiger partial charge in [0.15, 0.2) is 0 Å². The molecular formula is C24H30ClF3N2O4. The van der Waals surface area contributed by atoms with Crippen LogP contribution in [0.15, 0.2) is 24.3 Å². The van der Waals surface area contributed by atoms with Gasteiger partial charge in [-0.3, -0.25) is 4.79 Å². The van der Waals surface area contributed by atoms with Crippen LogP contribution >= 0.6 is 11.6 Å². The topological polar surface area (TPSA) is 59.1 Å². The summed E-state index contributed by atoms with van der Waals surface area (Å²) in [6.45, 7) is 1.78. The lowest BCUT2D eigenvalue weighted by Crippen LogP contribution is -2.44. The molecule has 1 aromatic carbocycles. The van der Waals surface area contributed by atoms with Crippen LogP contribution in [0.1, 0.15) is 43.6 Å². The lowest BCUT2D eigenvalue weighted by molar-refractivity contribution is -0.186. The Morgan fingerprint density at radius 2 is 1.76 bits per heavy atom. The van der Waals surface area contributed by atoms with Crippen LogP contribution in [0.4, 0.5) is 18.0 Å². The van der Waals surface area contributed by atoms with Crippen molar-refractivity contribution in [2.45, 2.75) is 56.3 Å². The zero-order chi connectivity index (χ0) is 24.5. The summed E-state index contributed by atoms with van der Waals surface area (Å²) in [6, 6.07) is 7.02. The van der Waals surface area contributed by atoms with E-state index in [-0.39, 0.29) is 49.5 Å². The summed E-state index contributed by atoms with van der Waals surface area (Å²) in [5, 5.41) is 0.594. The minimum Gasteiger partial charge on any atom is -0.446 e. The van der Waals surface area contributed by atoms with E-state index < -0.39 is 24.3 Å². The molecule has 2 heterocycles. The first kappa shape index (κ1) is 25.1. The molecule has 0 radical (unpaired) electrons. The van der Waals surface area contributed by atoms with Crippen LogP contribution in [0.3, 0.4) is 0 Å². The molecule has 188 valence electrons. The molecule has 2 saturated heterocycles. The van der Waals surface area contributed by atoms with E-state index in [2.05, 4.69) is 0 Å². The van der Waals surface area contributed by atoms with Gasteiger partial charge in [-0.2, -0.15) is 13.2 Å². The summed E-state index contributed by atoms with van der Waals surface area (Å²) in [7, 11) is 1.63. The van der Waals surface area contributed by atoms with Gasteiger partial charge in [-0.15, -0.1) is 0 Å². The predicted octanol–water partition coefficient (Wildman–Crippen LogP) is 4.86. The Morgan fingerprint density at radius 1 is 1.09 bits per heavy atom. The number of likely N-dealkylation sites (tertiary alicyclic amines) is 1. The number of amides is 2. The number of ether oxygens (including phenoxy) is 2. The number of alkyl halides is 3. The lowest BCUT2D eigenvalue weighted by atomic mass is 9.87. The van der Waals surface area contributed by atoms with Crippen molar-refractivity contribution in [1.82, 2.24) is 9.80 Å². The van der Waals surface area contributed by atoms with Gasteiger partial charge in [-0.25, -0.2) is 4.79 Å². The maximum absolute atomic E-state index is 13.0. The van der Waals surface area contributed by atoms with Crippen LogP contribution in [0, 0.1) is 11.8 Å². The summed E-state index contributed by atoms with van der Waals surface area (Å²) in [4.78, 5) is 29.3. The van der Waals surface area contributed by atoms with Gasteiger partial charge >= 0.3 is 12.3 Å². The number of nitrogens with zero attached hydrogens (tertiary/aromatic N) is 2. The highest BCUT2D eigenvalue weighted by Crippen LogP contribution is 2.39. The fourth-order valence-electron chi connectivity index (χ4n) is 5.25.